The minimum Gasteiger partial charge on any atom is -0.376 e. The Bertz CT molecular complexity index is 345. The van der Waals surface area contributed by atoms with Gasteiger partial charge in [-0.3, -0.25) is 9.79 Å². The van der Waals surface area contributed by atoms with E-state index in [1.54, 1.807) is 0 Å². The van der Waals surface area contributed by atoms with E-state index in [-0.39, 0.29) is 5.78 Å². The molecule has 0 aromatic heterocycles. The molecule has 0 saturated heterocycles. The average molecular weight is 222 g/mol. The van der Waals surface area contributed by atoms with E-state index in [2.05, 4.69) is 17.2 Å². The van der Waals surface area contributed by atoms with E-state index in [1.165, 1.54) is 0 Å². The van der Waals surface area contributed by atoms with Gasteiger partial charge in [-0.05, 0) is 13.0 Å². The van der Waals surface area contributed by atoms with Crippen molar-refractivity contribution >= 4 is 11.5 Å². The van der Waals surface area contributed by atoms with Crippen molar-refractivity contribution in [1.29, 1.82) is 0 Å². The fourth-order valence-corrected chi connectivity index (χ4v) is 1.98. The molecule has 2 aliphatic heterocycles. The van der Waals surface area contributed by atoms with Gasteiger partial charge in [0, 0.05) is 24.3 Å². The predicted molar refractivity (Wildman–Crippen MR) is 62.7 cm³/mol. The normalized spacial score (nSPS) is 20.8. The number of nitrogens with one attached hydrogen (secondary N) is 1. The molecule has 0 radical (unpaired) electrons. The Labute approximate surface area is 95.8 Å². The molecular weight excluding hydrogens is 204 g/mol. The summed E-state index contributed by atoms with van der Waals surface area (Å²) in [6.07, 6.45) is 2.33. The van der Waals surface area contributed by atoms with Crippen molar-refractivity contribution in [2.75, 3.05) is 26.3 Å². The number of nitrogens with zero attached hydrogens (tertiary/aromatic N) is 1. The van der Waals surface area contributed by atoms with Crippen LogP contribution in [0.25, 0.3) is 0 Å². The molecule has 1 N–H and O–H groups in total. The van der Waals surface area contributed by atoms with Crippen LogP contribution < -0.4 is 5.32 Å². The van der Waals surface area contributed by atoms with Crippen LogP contribution in [-0.2, 0) is 9.53 Å². The van der Waals surface area contributed by atoms with Crippen LogP contribution in [0.15, 0.2) is 16.3 Å². The van der Waals surface area contributed by atoms with Gasteiger partial charge in [0.2, 0.25) is 0 Å². The lowest BCUT2D eigenvalue weighted by Crippen LogP contribution is -2.30. The van der Waals surface area contributed by atoms with E-state index in [1.807, 2.05) is 0 Å². The van der Waals surface area contributed by atoms with E-state index >= 15 is 0 Å². The number of ether oxygens (including phenoxy) is 1. The summed E-state index contributed by atoms with van der Waals surface area (Å²) < 4.78 is 5.28. The summed E-state index contributed by atoms with van der Waals surface area (Å²) in [6.45, 7) is 4.97. The summed E-state index contributed by atoms with van der Waals surface area (Å²) in [4.78, 5) is 16.4. The van der Waals surface area contributed by atoms with Crippen molar-refractivity contribution in [3.8, 4) is 0 Å². The minimum absolute atomic E-state index is 0.193. The zero-order valence-electron chi connectivity index (χ0n) is 9.71. The molecule has 0 spiro atoms. The Hall–Kier alpha value is -1.00. The van der Waals surface area contributed by atoms with Gasteiger partial charge in [0.05, 0.1) is 25.3 Å². The zero-order valence-corrected chi connectivity index (χ0v) is 9.71. The first-order valence-electron chi connectivity index (χ1n) is 5.91. The lowest BCUT2D eigenvalue weighted by atomic mass is 9.98. The van der Waals surface area contributed by atoms with Crippen molar-refractivity contribution in [3.63, 3.8) is 0 Å². The van der Waals surface area contributed by atoms with Crippen molar-refractivity contribution in [2.45, 2.75) is 26.2 Å². The first kappa shape index (κ1) is 11.5. The Morgan fingerprint density at radius 2 is 2.38 bits per heavy atom. The number of rotatable bonds is 4. The molecule has 0 saturated carbocycles. The Morgan fingerprint density at radius 1 is 1.50 bits per heavy atom. The van der Waals surface area contributed by atoms with Crippen molar-refractivity contribution in [1.82, 2.24) is 5.32 Å². The predicted octanol–water partition coefficient (Wildman–Crippen LogP) is 1.07. The first-order valence-corrected chi connectivity index (χ1v) is 5.91. The molecule has 16 heavy (non-hydrogen) atoms. The van der Waals surface area contributed by atoms with Gasteiger partial charge in [0.15, 0.2) is 5.78 Å². The van der Waals surface area contributed by atoms with Crippen LogP contribution in [0.1, 0.15) is 26.2 Å². The van der Waals surface area contributed by atoms with Crippen LogP contribution >= 0.6 is 0 Å². The second kappa shape index (κ2) is 5.37. The van der Waals surface area contributed by atoms with E-state index in [9.17, 15) is 4.79 Å². The Morgan fingerprint density at radius 3 is 3.19 bits per heavy atom. The number of carbonyl (C=O) groups excluding carboxylic acids is 1. The largest absolute Gasteiger partial charge is 0.376 e. The number of carbonyl (C=O) groups is 1. The highest BCUT2D eigenvalue weighted by molar-refractivity contribution is 6.13. The van der Waals surface area contributed by atoms with E-state index in [0.717, 1.165) is 42.9 Å². The number of hydrogen-bond donors (Lipinski definition) is 1. The topological polar surface area (TPSA) is 50.7 Å². The Kier molecular flexibility index (Phi) is 3.85. The fraction of sp³-hybridized carbons (Fsp3) is 0.667. The summed E-state index contributed by atoms with van der Waals surface area (Å²) in [6, 6.07) is 0. The monoisotopic (exact) mass is 222 g/mol. The molecule has 0 amide bonds. The number of Topliss-reactive ketones (excluding diaryl/α,β-unsaturated/α-hetero) is 1. The summed E-state index contributed by atoms with van der Waals surface area (Å²) >= 11 is 0. The third-order valence-electron chi connectivity index (χ3n) is 2.83. The molecule has 0 bridgehead atoms. The van der Waals surface area contributed by atoms with E-state index < -0.39 is 0 Å². The van der Waals surface area contributed by atoms with Crippen LogP contribution in [0.5, 0.6) is 0 Å². The third kappa shape index (κ3) is 2.57. The molecule has 0 fully saturated rings. The summed E-state index contributed by atoms with van der Waals surface area (Å²) in [5, 5.41) is 3.28. The van der Waals surface area contributed by atoms with Gasteiger partial charge in [0.1, 0.15) is 0 Å². The summed E-state index contributed by atoms with van der Waals surface area (Å²) in [5.41, 5.74) is 2.72. The lowest BCUT2D eigenvalue weighted by Gasteiger charge is -2.22. The third-order valence-corrected chi connectivity index (χ3v) is 2.83. The quantitative estimate of drug-likeness (QED) is 0.724. The highest BCUT2D eigenvalue weighted by Gasteiger charge is 2.24. The van der Waals surface area contributed by atoms with Gasteiger partial charge in [-0.25, -0.2) is 0 Å². The van der Waals surface area contributed by atoms with Gasteiger partial charge in [-0.2, -0.15) is 0 Å². The van der Waals surface area contributed by atoms with E-state index in [4.69, 9.17) is 4.74 Å². The van der Waals surface area contributed by atoms with Crippen LogP contribution in [0.2, 0.25) is 0 Å². The second-order valence-corrected chi connectivity index (χ2v) is 4.18. The van der Waals surface area contributed by atoms with Crippen molar-refractivity contribution in [3.05, 3.63) is 11.3 Å². The lowest BCUT2D eigenvalue weighted by molar-refractivity contribution is -0.115. The van der Waals surface area contributed by atoms with Gasteiger partial charge in [0.25, 0.3) is 0 Å². The van der Waals surface area contributed by atoms with Crippen LogP contribution in [-0.4, -0.2) is 37.8 Å². The van der Waals surface area contributed by atoms with Gasteiger partial charge in [-0.15, -0.1) is 0 Å². The molecule has 4 heteroatoms. The summed E-state index contributed by atoms with van der Waals surface area (Å²) in [5.74, 6) is 0.193. The van der Waals surface area contributed by atoms with Gasteiger partial charge in [-0.1, -0.05) is 6.92 Å². The van der Waals surface area contributed by atoms with Gasteiger partial charge >= 0.3 is 0 Å². The maximum Gasteiger partial charge on any atom is 0.168 e. The molecule has 0 aliphatic carbocycles. The number of hydrogen-bond acceptors (Lipinski definition) is 4. The van der Waals surface area contributed by atoms with Gasteiger partial charge < -0.3 is 10.1 Å². The Balaban J connectivity index is 2.03. The maximum absolute atomic E-state index is 11.8. The number of ketones is 1. The van der Waals surface area contributed by atoms with Crippen LogP contribution in [0.4, 0.5) is 0 Å². The molecule has 0 aromatic rings. The van der Waals surface area contributed by atoms with Crippen LogP contribution in [0.3, 0.4) is 0 Å². The molecule has 4 nitrogen and oxygen atoms in total. The highest BCUT2D eigenvalue weighted by atomic mass is 16.5. The smallest absolute Gasteiger partial charge is 0.168 e. The van der Waals surface area contributed by atoms with Crippen molar-refractivity contribution in [2.24, 2.45) is 4.99 Å². The maximum atomic E-state index is 11.8. The molecule has 2 aliphatic rings. The van der Waals surface area contributed by atoms with Crippen molar-refractivity contribution < 1.29 is 9.53 Å². The summed E-state index contributed by atoms with van der Waals surface area (Å²) in [7, 11) is 0. The molecule has 0 atom stereocenters. The minimum atomic E-state index is 0.193. The van der Waals surface area contributed by atoms with E-state index in [0.29, 0.717) is 19.6 Å². The zero-order chi connectivity index (χ0) is 11.4. The molecule has 2 heterocycles. The SMILES string of the molecule is CCCNCC1=NC2=C(COCC2)C(=O)C1. The first-order chi connectivity index (χ1) is 7.81. The van der Waals surface area contributed by atoms with Crippen LogP contribution in [0, 0.1) is 0 Å². The molecule has 0 aromatic carbocycles. The molecular formula is C12H18N2O2. The average Bonchev–Trinajstić information content (AvgIpc) is 2.30. The fourth-order valence-electron chi connectivity index (χ4n) is 1.98. The molecule has 2 rings (SSSR count). The molecule has 88 valence electrons. The standard InChI is InChI=1S/C12H18N2O2/c1-2-4-13-7-9-6-12(15)10-8-16-5-3-11(10)14-9/h13H,2-8H2,1H3. The molecule has 0 unspecified atom stereocenters. The highest BCUT2D eigenvalue weighted by Crippen LogP contribution is 2.23. The number of aliphatic imine (C=N–C) groups is 1. The second-order valence-electron chi connectivity index (χ2n) is 4.18.